The van der Waals surface area contributed by atoms with Crippen molar-refractivity contribution < 1.29 is 19.0 Å². The zero-order valence-electron chi connectivity index (χ0n) is 15.7. The van der Waals surface area contributed by atoms with E-state index >= 15 is 0 Å². The topological polar surface area (TPSA) is 81.2 Å². The highest BCUT2D eigenvalue weighted by Gasteiger charge is 2.13. The smallest absolute Gasteiger partial charge is 0.310 e. The Hall–Kier alpha value is -2.28. The van der Waals surface area contributed by atoms with Gasteiger partial charge in [0, 0.05) is 32.8 Å². The third-order valence-electron chi connectivity index (χ3n) is 3.62. The summed E-state index contributed by atoms with van der Waals surface area (Å²) in [7, 11) is 4.71. The number of aliphatic imine (C=N–C) groups is 1. The molecule has 7 heteroatoms. The molecule has 1 rings (SSSR count). The zero-order chi connectivity index (χ0) is 18.7. The summed E-state index contributed by atoms with van der Waals surface area (Å²) in [6, 6.07) is 6.06. The fraction of sp³-hybridized carbons (Fsp3) is 0.556. The second-order valence-electron chi connectivity index (χ2n) is 5.68. The van der Waals surface area contributed by atoms with Crippen LogP contribution in [-0.4, -0.2) is 53.0 Å². The summed E-state index contributed by atoms with van der Waals surface area (Å²) in [5, 5.41) is 6.34. The molecule has 0 aliphatic rings. The molecule has 140 valence electrons. The van der Waals surface area contributed by atoms with E-state index in [1.54, 1.807) is 21.1 Å². The van der Waals surface area contributed by atoms with Crippen molar-refractivity contribution in [1.82, 2.24) is 10.6 Å². The fourth-order valence-corrected chi connectivity index (χ4v) is 2.11. The van der Waals surface area contributed by atoms with Crippen LogP contribution in [-0.2, 0) is 20.8 Å². The molecule has 0 saturated carbocycles. The molecule has 0 aliphatic carbocycles. The van der Waals surface area contributed by atoms with Crippen molar-refractivity contribution >= 4 is 11.9 Å². The average Bonchev–Trinajstić information content (AvgIpc) is 2.62. The number of ether oxygens (including phenoxy) is 3. The summed E-state index contributed by atoms with van der Waals surface area (Å²) in [6.07, 6.45) is 0. The molecular weight excluding hydrogens is 322 g/mol. The Morgan fingerprint density at radius 1 is 1.24 bits per heavy atom. The molecule has 25 heavy (non-hydrogen) atoms. The minimum absolute atomic E-state index is 0.254. The van der Waals surface area contributed by atoms with E-state index in [9.17, 15) is 4.79 Å². The lowest BCUT2D eigenvalue weighted by molar-refractivity contribution is -0.144. The standard InChI is InChI=1S/C18H29N3O4/c1-13-6-7-15(16(10-13)25-9-8-23-4)12-21-18(19-3)20-11-14(2)17(22)24-5/h6-7,10,14H,8-9,11-12H2,1-5H3,(H2,19,20,21). The molecule has 0 aromatic heterocycles. The predicted molar refractivity (Wildman–Crippen MR) is 97.9 cm³/mol. The number of carbonyl (C=O) groups excluding carboxylic acids is 1. The zero-order valence-corrected chi connectivity index (χ0v) is 15.7. The van der Waals surface area contributed by atoms with Crippen LogP contribution in [0.5, 0.6) is 5.75 Å². The Kier molecular flexibility index (Phi) is 9.39. The molecule has 2 N–H and O–H groups in total. The number of hydrogen-bond donors (Lipinski definition) is 2. The van der Waals surface area contributed by atoms with Gasteiger partial charge in [-0.3, -0.25) is 9.79 Å². The highest BCUT2D eigenvalue weighted by molar-refractivity contribution is 5.80. The minimum atomic E-state index is -0.254. The number of methoxy groups -OCH3 is 2. The van der Waals surface area contributed by atoms with E-state index < -0.39 is 0 Å². The van der Waals surface area contributed by atoms with Crippen LogP contribution in [0.15, 0.2) is 23.2 Å². The van der Waals surface area contributed by atoms with E-state index in [4.69, 9.17) is 14.2 Å². The number of carbonyl (C=O) groups is 1. The first-order chi connectivity index (χ1) is 12.0. The fourth-order valence-electron chi connectivity index (χ4n) is 2.11. The lowest BCUT2D eigenvalue weighted by atomic mass is 10.1. The number of benzene rings is 1. The molecule has 0 heterocycles. The number of hydrogen-bond acceptors (Lipinski definition) is 5. The van der Waals surface area contributed by atoms with Crippen LogP contribution in [0.2, 0.25) is 0 Å². The summed E-state index contributed by atoms with van der Waals surface area (Å²) < 4.78 is 15.5. The molecule has 0 fully saturated rings. The quantitative estimate of drug-likeness (QED) is 0.304. The van der Waals surface area contributed by atoms with Crippen LogP contribution >= 0.6 is 0 Å². The lowest BCUT2D eigenvalue weighted by Gasteiger charge is -2.16. The van der Waals surface area contributed by atoms with Gasteiger partial charge >= 0.3 is 5.97 Å². The van der Waals surface area contributed by atoms with Crippen molar-refractivity contribution in [3.05, 3.63) is 29.3 Å². The second kappa shape index (κ2) is 11.3. The Labute approximate surface area is 149 Å². The first-order valence-electron chi connectivity index (χ1n) is 8.25. The molecule has 1 aromatic rings. The van der Waals surface area contributed by atoms with Gasteiger partial charge in [0.15, 0.2) is 5.96 Å². The maximum Gasteiger partial charge on any atom is 0.310 e. The van der Waals surface area contributed by atoms with Crippen LogP contribution in [0, 0.1) is 12.8 Å². The summed E-state index contributed by atoms with van der Waals surface area (Å²) in [5.74, 6) is 0.924. The summed E-state index contributed by atoms with van der Waals surface area (Å²) in [5.41, 5.74) is 2.15. The van der Waals surface area contributed by atoms with Gasteiger partial charge in [-0.1, -0.05) is 19.1 Å². The van der Waals surface area contributed by atoms with Crippen LogP contribution in [0.1, 0.15) is 18.1 Å². The van der Waals surface area contributed by atoms with Gasteiger partial charge in [0.25, 0.3) is 0 Å². The van der Waals surface area contributed by atoms with Crippen molar-refractivity contribution in [2.24, 2.45) is 10.9 Å². The molecule has 0 aliphatic heterocycles. The number of nitrogens with one attached hydrogen (secondary N) is 2. The van der Waals surface area contributed by atoms with Gasteiger partial charge in [-0.15, -0.1) is 0 Å². The molecule has 1 unspecified atom stereocenters. The molecule has 7 nitrogen and oxygen atoms in total. The SMILES string of the molecule is CN=C(NCc1ccc(C)cc1OCCOC)NCC(C)C(=O)OC. The van der Waals surface area contributed by atoms with E-state index in [0.717, 1.165) is 16.9 Å². The average molecular weight is 351 g/mol. The molecule has 1 aromatic carbocycles. The lowest BCUT2D eigenvalue weighted by Crippen LogP contribution is -2.40. The normalized spacial score (nSPS) is 12.4. The molecular formula is C18H29N3O4. The molecule has 0 amide bonds. The van der Waals surface area contributed by atoms with Gasteiger partial charge in [-0.05, 0) is 18.6 Å². The van der Waals surface area contributed by atoms with E-state index in [1.807, 2.05) is 25.1 Å². The Morgan fingerprint density at radius 2 is 2.00 bits per heavy atom. The number of guanidine groups is 1. The molecule has 0 spiro atoms. The second-order valence-corrected chi connectivity index (χ2v) is 5.68. The maximum atomic E-state index is 11.4. The van der Waals surface area contributed by atoms with E-state index in [0.29, 0.717) is 32.3 Å². The van der Waals surface area contributed by atoms with Gasteiger partial charge in [0.1, 0.15) is 12.4 Å². The van der Waals surface area contributed by atoms with Gasteiger partial charge in [0.05, 0.1) is 19.6 Å². The monoisotopic (exact) mass is 351 g/mol. The summed E-state index contributed by atoms with van der Waals surface area (Å²) in [4.78, 5) is 15.6. The van der Waals surface area contributed by atoms with E-state index in [1.165, 1.54) is 7.11 Å². The number of nitrogens with zero attached hydrogens (tertiary/aromatic N) is 1. The highest BCUT2D eigenvalue weighted by Crippen LogP contribution is 2.20. The van der Waals surface area contributed by atoms with E-state index in [2.05, 4.69) is 15.6 Å². The van der Waals surface area contributed by atoms with Crippen LogP contribution in [0.25, 0.3) is 0 Å². The van der Waals surface area contributed by atoms with Crippen molar-refractivity contribution in [2.45, 2.75) is 20.4 Å². The minimum Gasteiger partial charge on any atom is -0.491 e. The Morgan fingerprint density at radius 3 is 2.64 bits per heavy atom. The van der Waals surface area contributed by atoms with E-state index in [-0.39, 0.29) is 11.9 Å². The largest absolute Gasteiger partial charge is 0.491 e. The van der Waals surface area contributed by atoms with Gasteiger partial charge < -0.3 is 24.8 Å². The third-order valence-corrected chi connectivity index (χ3v) is 3.62. The van der Waals surface area contributed by atoms with Gasteiger partial charge in [-0.25, -0.2) is 0 Å². The maximum absolute atomic E-state index is 11.4. The molecule has 0 radical (unpaired) electrons. The first-order valence-corrected chi connectivity index (χ1v) is 8.25. The van der Waals surface area contributed by atoms with Gasteiger partial charge in [0.2, 0.25) is 0 Å². The summed E-state index contributed by atoms with van der Waals surface area (Å²) in [6.45, 7) is 5.85. The first kappa shape index (κ1) is 20.8. The van der Waals surface area contributed by atoms with Crippen LogP contribution < -0.4 is 15.4 Å². The highest BCUT2D eigenvalue weighted by atomic mass is 16.5. The number of rotatable bonds is 9. The molecule has 1 atom stereocenters. The van der Waals surface area contributed by atoms with Crippen molar-refractivity contribution in [3.63, 3.8) is 0 Å². The third kappa shape index (κ3) is 7.43. The van der Waals surface area contributed by atoms with Crippen molar-refractivity contribution in [2.75, 3.05) is 41.0 Å². The van der Waals surface area contributed by atoms with Crippen LogP contribution in [0.4, 0.5) is 0 Å². The molecule has 0 bridgehead atoms. The van der Waals surface area contributed by atoms with Gasteiger partial charge in [-0.2, -0.15) is 0 Å². The van der Waals surface area contributed by atoms with Crippen molar-refractivity contribution in [1.29, 1.82) is 0 Å². The summed E-state index contributed by atoms with van der Waals surface area (Å²) >= 11 is 0. The van der Waals surface area contributed by atoms with Crippen LogP contribution in [0.3, 0.4) is 0 Å². The Bertz CT molecular complexity index is 575. The predicted octanol–water partition coefficient (Wildman–Crippen LogP) is 1.49. The number of aryl methyl sites for hydroxylation is 1. The Balaban J connectivity index is 2.61. The molecule has 0 saturated heterocycles. The van der Waals surface area contributed by atoms with Crippen molar-refractivity contribution in [3.8, 4) is 5.75 Å². The number of esters is 1.